The zero-order valence-corrected chi connectivity index (χ0v) is 7.88. The Hall–Kier alpha value is -1.03. The van der Waals surface area contributed by atoms with Crippen LogP contribution < -0.4 is 0 Å². The maximum Gasteiger partial charge on any atom is 0.523 e. The van der Waals surface area contributed by atoms with E-state index in [-0.39, 0.29) is 13.1 Å². The number of hydrogen-bond donors (Lipinski definition) is 1. The van der Waals surface area contributed by atoms with Gasteiger partial charge in [-0.25, -0.2) is 4.79 Å². The molecule has 88 valence electrons. The lowest BCUT2D eigenvalue weighted by molar-refractivity contribution is -0.0644. The van der Waals surface area contributed by atoms with Crippen molar-refractivity contribution in [1.29, 1.82) is 0 Å². The monoisotopic (exact) mass is 249 g/mol. The van der Waals surface area contributed by atoms with Gasteiger partial charge in [-0.1, -0.05) is 0 Å². The van der Waals surface area contributed by atoms with Crippen molar-refractivity contribution in [3.05, 3.63) is 0 Å². The van der Waals surface area contributed by atoms with Crippen molar-refractivity contribution in [2.75, 3.05) is 13.1 Å². The zero-order valence-electron chi connectivity index (χ0n) is 7.06. The lowest BCUT2D eigenvalue weighted by atomic mass is 10.2. The van der Waals surface area contributed by atoms with E-state index in [1.165, 1.54) is 0 Å². The summed E-state index contributed by atoms with van der Waals surface area (Å²) >= 11 is 0. The summed E-state index contributed by atoms with van der Waals surface area (Å²) in [6.07, 6.45) is -2.59. The van der Waals surface area contributed by atoms with Crippen molar-refractivity contribution in [2.45, 2.75) is 11.6 Å². The molecule has 1 fully saturated rings. The van der Waals surface area contributed by atoms with Gasteiger partial charge < -0.3 is 10.0 Å². The summed E-state index contributed by atoms with van der Waals surface area (Å²) in [4.78, 5) is 10.9. The molecular formula is C5H6F3NO5S. The summed E-state index contributed by atoms with van der Waals surface area (Å²) in [6.45, 7) is -0.769. The van der Waals surface area contributed by atoms with Gasteiger partial charge in [0.1, 0.15) is 6.10 Å². The molecule has 1 saturated heterocycles. The molecule has 0 radical (unpaired) electrons. The molecule has 0 spiro atoms. The minimum atomic E-state index is -5.63. The number of nitrogens with zero attached hydrogens (tertiary/aromatic N) is 1. The minimum absolute atomic E-state index is 0.384. The summed E-state index contributed by atoms with van der Waals surface area (Å²) in [5, 5.41) is 8.31. The highest BCUT2D eigenvalue weighted by molar-refractivity contribution is 7.87. The third kappa shape index (κ3) is 2.50. The smallest absolute Gasteiger partial charge is 0.465 e. The standard InChI is InChI=1S/C5H6F3NO5S/c6-5(7,8)15(12,13)14-3-1-9(2-3)4(10)11/h3H,1-2H2,(H,10,11). The summed E-state index contributed by atoms with van der Waals surface area (Å²) in [6, 6.07) is 0. The number of carbonyl (C=O) groups is 1. The molecule has 15 heavy (non-hydrogen) atoms. The molecule has 1 amide bonds. The number of likely N-dealkylation sites (tertiary alicyclic amines) is 1. The number of halogens is 3. The highest BCUT2D eigenvalue weighted by Gasteiger charge is 2.50. The molecular weight excluding hydrogens is 243 g/mol. The minimum Gasteiger partial charge on any atom is -0.465 e. The largest absolute Gasteiger partial charge is 0.523 e. The van der Waals surface area contributed by atoms with E-state index >= 15 is 0 Å². The van der Waals surface area contributed by atoms with Crippen LogP contribution in [0.2, 0.25) is 0 Å². The molecule has 0 aliphatic carbocycles. The average Bonchev–Trinajstić information content (AvgIpc) is 1.92. The fourth-order valence-electron chi connectivity index (χ4n) is 0.889. The Labute approximate surface area is 82.4 Å². The third-order valence-electron chi connectivity index (χ3n) is 1.66. The SMILES string of the molecule is O=C(O)N1CC(OS(=O)(=O)C(F)(F)F)C1. The van der Waals surface area contributed by atoms with Crippen LogP contribution in [0.15, 0.2) is 0 Å². The summed E-state index contributed by atoms with van der Waals surface area (Å²) in [5.74, 6) is 0. The second-order valence-corrected chi connectivity index (χ2v) is 4.37. The fourth-order valence-corrected chi connectivity index (χ4v) is 1.48. The molecule has 0 unspecified atom stereocenters. The van der Waals surface area contributed by atoms with Crippen LogP contribution in [0.1, 0.15) is 0 Å². The van der Waals surface area contributed by atoms with Crippen molar-refractivity contribution in [3.63, 3.8) is 0 Å². The normalized spacial score (nSPS) is 18.7. The molecule has 0 atom stereocenters. The van der Waals surface area contributed by atoms with Crippen molar-refractivity contribution in [3.8, 4) is 0 Å². The Morgan fingerprint density at radius 3 is 2.20 bits per heavy atom. The van der Waals surface area contributed by atoms with Gasteiger partial charge in [0.2, 0.25) is 0 Å². The molecule has 1 rings (SSSR count). The predicted molar refractivity (Wildman–Crippen MR) is 39.4 cm³/mol. The van der Waals surface area contributed by atoms with E-state index in [0.717, 1.165) is 4.90 Å². The van der Waals surface area contributed by atoms with Crippen LogP contribution >= 0.6 is 0 Å². The number of amides is 1. The van der Waals surface area contributed by atoms with Gasteiger partial charge in [0.15, 0.2) is 0 Å². The van der Waals surface area contributed by atoms with Crippen molar-refractivity contribution in [1.82, 2.24) is 4.90 Å². The molecule has 0 aromatic rings. The summed E-state index contributed by atoms with van der Waals surface area (Å²) in [5.41, 5.74) is -5.48. The number of rotatable bonds is 2. The van der Waals surface area contributed by atoms with Crippen LogP contribution in [0.25, 0.3) is 0 Å². The Kier molecular flexibility index (Phi) is 2.83. The van der Waals surface area contributed by atoms with Crippen LogP contribution in [0.4, 0.5) is 18.0 Å². The van der Waals surface area contributed by atoms with E-state index in [9.17, 15) is 26.4 Å². The summed E-state index contributed by atoms with van der Waals surface area (Å²) in [7, 11) is -5.63. The Morgan fingerprint density at radius 2 is 1.87 bits per heavy atom. The summed E-state index contributed by atoms with van der Waals surface area (Å²) < 4.78 is 59.9. The lowest BCUT2D eigenvalue weighted by Crippen LogP contribution is -2.55. The third-order valence-corrected chi connectivity index (χ3v) is 2.76. The van der Waals surface area contributed by atoms with E-state index in [1.54, 1.807) is 0 Å². The molecule has 10 heteroatoms. The first-order valence-corrected chi connectivity index (χ1v) is 5.02. The zero-order chi connectivity index (χ0) is 11.9. The Morgan fingerprint density at radius 1 is 1.40 bits per heavy atom. The van der Waals surface area contributed by atoms with E-state index < -0.39 is 27.8 Å². The molecule has 1 aliphatic rings. The Balaban J connectivity index is 2.50. The molecule has 0 bridgehead atoms. The van der Waals surface area contributed by atoms with Crippen molar-refractivity contribution >= 4 is 16.2 Å². The second kappa shape index (κ2) is 3.52. The number of carboxylic acid groups (broad SMARTS) is 1. The van der Waals surface area contributed by atoms with Gasteiger partial charge in [-0.3, -0.25) is 4.18 Å². The van der Waals surface area contributed by atoms with Crippen LogP contribution in [-0.4, -0.2) is 49.2 Å². The van der Waals surface area contributed by atoms with E-state index in [0.29, 0.717) is 0 Å². The lowest BCUT2D eigenvalue weighted by Gasteiger charge is -2.35. The molecule has 0 aromatic carbocycles. The predicted octanol–water partition coefficient (Wildman–Crippen LogP) is 0.215. The highest BCUT2D eigenvalue weighted by Crippen LogP contribution is 2.27. The first-order chi connectivity index (χ1) is 6.63. The molecule has 0 saturated carbocycles. The van der Waals surface area contributed by atoms with Gasteiger partial charge in [0.05, 0.1) is 13.1 Å². The number of alkyl halides is 3. The van der Waals surface area contributed by atoms with Gasteiger partial charge in [-0.2, -0.15) is 21.6 Å². The first kappa shape index (κ1) is 12.0. The van der Waals surface area contributed by atoms with Crippen LogP contribution in [0.3, 0.4) is 0 Å². The maximum atomic E-state index is 11.8. The molecule has 6 nitrogen and oxygen atoms in total. The van der Waals surface area contributed by atoms with E-state index in [4.69, 9.17) is 5.11 Å². The molecule has 1 aliphatic heterocycles. The Bertz CT molecular complexity index is 357. The van der Waals surface area contributed by atoms with Crippen LogP contribution in [0, 0.1) is 0 Å². The fraction of sp³-hybridized carbons (Fsp3) is 0.800. The van der Waals surface area contributed by atoms with Crippen LogP contribution in [-0.2, 0) is 14.3 Å². The molecule has 1 heterocycles. The van der Waals surface area contributed by atoms with Gasteiger partial charge >= 0.3 is 21.7 Å². The second-order valence-electron chi connectivity index (χ2n) is 2.81. The average molecular weight is 249 g/mol. The quantitative estimate of drug-likeness (QED) is 0.558. The van der Waals surface area contributed by atoms with Gasteiger partial charge in [-0.05, 0) is 0 Å². The van der Waals surface area contributed by atoms with Crippen LogP contribution in [0.5, 0.6) is 0 Å². The topological polar surface area (TPSA) is 83.9 Å². The maximum absolute atomic E-state index is 11.8. The van der Waals surface area contributed by atoms with E-state index in [1.807, 2.05) is 0 Å². The first-order valence-electron chi connectivity index (χ1n) is 3.61. The van der Waals surface area contributed by atoms with Crippen molar-refractivity contribution in [2.24, 2.45) is 0 Å². The molecule has 1 N–H and O–H groups in total. The van der Waals surface area contributed by atoms with E-state index in [2.05, 4.69) is 4.18 Å². The molecule has 0 aromatic heterocycles. The van der Waals surface area contributed by atoms with Gasteiger partial charge in [0.25, 0.3) is 0 Å². The van der Waals surface area contributed by atoms with Gasteiger partial charge in [-0.15, -0.1) is 0 Å². The number of hydrogen-bond acceptors (Lipinski definition) is 4. The van der Waals surface area contributed by atoms with Gasteiger partial charge in [0, 0.05) is 0 Å². The van der Waals surface area contributed by atoms with Crippen molar-refractivity contribution < 1.29 is 35.7 Å². The highest BCUT2D eigenvalue weighted by atomic mass is 32.2.